The van der Waals surface area contributed by atoms with Crippen molar-refractivity contribution in [3.8, 4) is 0 Å². The third-order valence-corrected chi connectivity index (χ3v) is 6.59. The monoisotopic (exact) mass is 521 g/mol. The van der Waals surface area contributed by atoms with Crippen molar-refractivity contribution in [2.24, 2.45) is 11.7 Å². The Bertz CT molecular complexity index is 1110. The van der Waals surface area contributed by atoms with E-state index in [0.29, 0.717) is 0 Å². The maximum Gasteiger partial charge on any atom is 0.324 e. The van der Waals surface area contributed by atoms with Gasteiger partial charge in [0, 0.05) is 11.5 Å². The summed E-state index contributed by atoms with van der Waals surface area (Å²) in [4.78, 5) is 37.6. The lowest BCUT2D eigenvalue weighted by atomic mass is 10.1. The number of rotatable bonds is 14. The molecule has 2 N–H and O–H groups in total. The lowest BCUT2D eigenvalue weighted by Gasteiger charge is -2.17. The molecule has 7 nitrogen and oxygen atoms in total. The van der Waals surface area contributed by atoms with Gasteiger partial charge in [-0.05, 0) is 16.7 Å². The Morgan fingerprint density at radius 1 is 0.622 bits per heavy atom. The number of benzene rings is 3. The van der Waals surface area contributed by atoms with E-state index in [2.05, 4.69) is 0 Å². The van der Waals surface area contributed by atoms with Gasteiger partial charge in [-0.3, -0.25) is 14.4 Å². The molecular formula is C29H31NO6S. The van der Waals surface area contributed by atoms with Crippen LogP contribution in [-0.4, -0.2) is 35.5 Å². The number of carbonyl (C=O) groups is 3. The summed E-state index contributed by atoms with van der Waals surface area (Å²) in [5.74, 6) is -1.81. The standard InChI is InChI=1S/C29H31NO6S/c30-26(29(33)36-19-24-14-8-3-9-15-24)21-37-20-25(28(32)35-18-23-12-6-2-7-13-23)16-27(31)34-17-22-10-4-1-5-11-22/h1-15,25-26H,16-21,30H2/t25-,26+/m0/s1. The van der Waals surface area contributed by atoms with Crippen molar-refractivity contribution in [1.82, 2.24) is 0 Å². The SMILES string of the molecule is N[C@H](CSC[C@H](CC(=O)OCc1ccccc1)C(=O)OCc1ccccc1)C(=O)OCc1ccccc1. The first-order valence-corrected chi connectivity index (χ1v) is 13.1. The Morgan fingerprint density at radius 2 is 1.05 bits per heavy atom. The zero-order chi connectivity index (χ0) is 26.3. The molecule has 0 unspecified atom stereocenters. The molecule has 3 rings (SSSR count). The molecule has 2 atom stereocenters. The Balaban J connectivity index is 1.49. The Morgan fingerprint density at radius 3 is 1.54 bits per heavy atom. The molecule has 0 aliphatic carbocycles. The highest BCUT2D eigenvalue weighted by Gasteiger charge is 2.26. The van der Waals surface area contributed by atoms with E-state index in [0.717, 1.165) is 16.7 Å². The topological polar surface area (TPSA) is 105 Å². The molecule has 8 heteroatoms. The zero-order valence-corrected chi connectivity index (χ0v) is 21.3. The maximum absolute atomic E-state index is 12.8. The van der Waals surface area contributed by atoms with Gasteiger partial charge in [-0.25, -0.2) is 0 Å². The van der Waals surface area contributed by atoms with Crippen LogP contribution in [0.15, 0.2) is 91.0 Å². The minimum atomic E-state index is -0.861. The summed E-state index contributed by atoms with van der Waals surface area (Å²) in [5, 5.41) is 0. The highest BCUT2D eigenvalue weighted by atomic mass is 32.2. The van der Waals surface area contributed by atoms with E-state index in [1.54, 1.807) is 0 Å². The van der Waals surface area contributed by atoms with Crippen LogP contribution in [0, 0.1) is 5.92 Å². The minimum absolute atomic E-state index is 0.102. The first kappa shape index (κ1) is 28.0. The average Bonchev–Trinajstić information content (AvgIpc) is 2.94. The minimum Gasteiger partial charge on any atom is -0.461 e. The lowest BCUT2D eigenvalue weighted by Crippen LogP contribution is -2.35. The van der Waals surface area contributed by atoms with Gasteiger partial charge >= 0.3 is 17.9 Å². The Hall–Kier alpha value is -3.62. The third-order valence-electron chi connectivity index (χ3n) is 5.36. The highest BCUT2D eigenvalue weighted by molar-refractivity contribution is 7.99. The largest absolute Gasteiger partial charge is 0.461 e. The van der Waals surface area contributed by atoms with Gasteiger partial charge in [0.15, 0.2) is 0 Å². The van der Waals surface area contributed by atoms with Crippen LogP contribution in [0.5, 0.6) is 0 Å². The van der Waals surface area contributed by atoms with Crippen LogP contribution < -0.4 is 5.73 Å². The zero-order valence-electron chi connectivity index (χ0n) is 20.5. The third kappa shape index (κ3) is 10.5. The van der Waals surface area contributed by atoms with Gasteiger partial charge < -0.3 is 19.9 Å². The molecule has 0 bridgehead atoms. The molecule has 3 aromatic rings. The first-order valence-electron chi connectivity index (χ1n) is 11.9. The van der Waals surface area contributed by atoms with E-state index < -0.39 is 29.9 Å². The second-order valence-corrected chi connectivity index (χ2v) is 9.45. The fraction of sp³-hybridized carbons (Fsp3) is 0.276. The second-order valence-electron chi connectivity index (χ2n) is 8.38. The van der Waals surface area contributed by atoms with E-state index in [-0.39, 0.29) is 37.7 Å². The summed E-state index contributed by atoms with van der Waals surface area (Å²) < 4.78 is 16.1. The van der Waals surface area contributed by atoms with Crippen molar-refractivity contribution in [3.05, 3.63) is 108 Å². The van der Waals surface area contributed by atoms with E-state index >= 15 is 0 Å². The van der Waals surface area contributed by atoms with Gasteiger partial charge in [0.2, 0.25) is 0 Å². The van der Waals surface area contributed by atoms with Crippen molar-refractivity contribution in [2.45, 2.75) is 32.3 Å². The van der Waals surface area contributed by atoms with Gasteiger partial charge in [-0.1, -0.05) is 91.0 Å². The van der Waals surface area contributed by atoms with Gasteiger partial charge in [-0.15, -0.1) is 0 Å². The molecule has 0 heterocycles. The predicted molar refractivity (Wildman–Crippen MR) is 142 cm³/mol. The molecule has 194 valence electrons. The fourth-order valence-corrected chi connectivity index (χ4v) is 4.36. The second kappa shape index (κ2) is 15.5. The molecule has 0 saturated heterocycles. The number of hydrogen-bond acceptors (Lipinski definition) is 8. The van der Waals surface area contributed by atoms with Crippen LogP contribution in [0.2, 0.25) is 0 Å². The van der Waals surface area contributed by atoms with Crippen molar-refractivity contribution >= 4 is 29.7 Å². The molecule has 0 radical (unpaired) electrons. The summed E-state index contributed by atoms with van der Waals surface area (Å²) in [6.07, 6.45) is -0.138. The molecule has 0 aliphatic rings. The number of thioether (sulfide) groups is 1. The predicted octanol–water partition coefficient (Wildman–Crippen LogP) is 4.28. The van der Waals surface area contributed by atoms with Gasteiger partial charge in [0.25, 0.3) is 0 Å². The van der Waals surface area contributed by atoms with Gasteiger partial charge in [-0.2, -0.15) is 11.8 Å². The van der Waals surface area contributed by atoms with Crippen molar-refractivity contribution in [1.29, 1.82) is 0 Å². The van der Waals surface area contributed by atoms with E-state index in [4.69, 9.17) is 19.9 Å². The van der Waals surface area contributed by atoms with Crippen LogP contribution >= 0.6 is 11.8 Å². The summed E-state index contributed by atoms with van der Waals surface area (Å²) in [6.45, 7) is 0.363. The average molecular weight is 522 g/mol. The highest BCUT2D eigenvalue weighted by Crippen LogP contribution is 2.18. The Labute approximate surface area is 221 Å². The molecule has 0 aliphatic heterocycles. The number of ether oxygens (including phenoxy) is 3. The molecule has 0 spiro atoms. The van der Waals surface area contributed by atoms with Crippen LogP contribution in [0.25, 0.3) is 0 Å². The van der Waals surface area contributed by atoms with E-state index in [1.165, 1.54) is 11.8 Å². The van der Waals surface area contributed by atoms with Crippen LogP contribution in [0.1, 0.15) is 23.1 Å². The lowest BCUT2D eigenvalue weighted by molar-refractivity contribution is -0.155. The number of carbonyl (C=O) groups excluding carboxylic acids is 3. The molecule has 3 aromatic carbocycles. The van der Waals surface area contributed by atoms with Crippen LogP contribution in [-0.2, 0) is 48.4 Å². The number of nitrogens with two attached hydrogens (primary N) is 1. The molecule has 0 fully saturated rings. The van der Waals surface area contributed by atoms with E-state index in [1.807, 2.05) is 91.0 Å². The summed E-state index contributed by atoms with van der Waals surface area (Å²) in [7, 11) is 0. The molecule has 0 saturated carbocycles. The van der Waals surface area contributed by atoms with Crippen LogP contribution in [0.4, 0.5) is 0 Å². The molecule has 0 aromatic heterocycles. The normalized spacial score (nSPS) is 12.2. The summed E-state index contributed by atoms with van der Waals surface area (Å²) in [5.41, 5.74) is 8.55. The van der Waals surface area contributed by atoms with Crippen molar-refractivity contribution in [3.63, 3.8) is 0 Å². The van der Waals surface area contributed by atoms with Gasteiger partial charge in [0.1, 0.15) is 25.9 Å². The molecule has 37 heavy (non-hydrogen) atoms. The first-order chi connectivity index (χ1) is 18.0. The number of esters is 3. The smallest absolute Gasteiger partial charge is 0.324 e. The summed E-state index contributed by atoms with van der Waals surface area (Å²) in [6, 6.07) is 27.1. The van der Waals surface area contributed by atoms with Crippen molar-refractivity contribution in [2.75, 3.05) is 11.5 Å². The molecule has 0 amide bonds. The fourth-order valence-electron chi connectivity index (χ4n) is 3.30. The number of hydrogen-bond donors (Lipinski definition) is 1. The quantitative estimate of drug-likeness (QED) is 0.248. The molecular weight excluding hydrogens is 490 g/mol. The van der Waals surface area contributed by atoms with Gasteiger partial charge in [0.05, 0.1) is 12.3 Å². The van der Waals surface area contributed by atoms with Crippen molar-refractivity contribution < 1.29 is 28.6 Å². The van der Waals surface area contributed by atoms with E-state index in [9.17, 15) is 14.4 Å². The maximum atomic E-state index is 12.8. The summed E-state index contributed by atoms with van der Waals surface area (Å²) >= 11 is 1.29. The van der Waals surface area contributed by atoms with Crippen LogP contribution in [0.3, 0.4) is 0 Å². The Kier molecular flexibility index (Phi) is 11.7.